The molecule has 8 heteroatoms. The Balaban J connectivity index is 1.48. The molecule has 29 heavy (non-hydrogen) atoms. The zero-order valence-electron chi connectivity index (χ0n) is 16.2. The fraction of sp³-hybridized carbons (Fsp3) is 0.429. The Bertz CT molecular complexity index is 852. The van der Waals surface area contributed by atoms with Gasteiger partial charge in [-0.2, -0.15) is 0 Å². The third-order valence-electron chi connectivity index (χ3n) is 5.10. The zero-order valence-corrected chi connectivity index (χ0v) is 16.9. The minimum atomic E-state index is -0.947. The van der Waals surface area contributed by atoms with Crippen LogP contribution in [0.15, 0.2) is 35.9 Å². The highest BCUT2D eigenvalue weighted by Crippen LogP contribution is 2.22. The Kier molecular flexibility index (Phi) is 7.04. The number of imide groups is 2. The van der Waals surface area contributed by atoms with Crippen LogP contribution in [0.5, 0.6) is 0 Å². The number of urea groups is 1. The van der Waals surface area contributed by atoms with Crippen molar-refractivity contribution in [3.8, 4) is 0 Å². The molecule has 5 amide bonds. The van der Waals surface area contributed by atoms with Gasteiger partial charge in [-0.1, -0.05) is 35.4 Å². The van der Waals surface area contributed by atoms with Crippen LogP contribution in [-0.4, -0.2) is 53.2 Å². The number of nitrogens with one attached hydrogen (secondary N) is 1. The molecule has 3 rings (SSSR count). The van der Waals surface area contributed by atoms with E-state index in [-0.39, 0.29) is 6.54 Å². The summed E-state index contributed by atoms with van der Waals surface area (Å²) in [7, 11) is 0. The van der Waals surface area contributed by atoms with Gasteiger partial charge in [-0.3, -0.25) is 19.3 Å². The maximum absolute atomic E-state index is 12.5. The van der Waals surface area contributed by atoms with E-state index in [4.69, 9.17) is 11.6 Å². The lowest BCUT2D eigenvalue weighted by Gasteiger charge is -2.17. The number of amides is 5. The van der Waals surface area contributed by atoms with Crippen molar-refractivity contribution in [2.45, 2.75) is 38.5 Å². The summed E-state index contributed by atoms with van der Waals surface area (Å²) in [6.45, 7) is 0.0431. The summed E-state index contributed by atoms with van der Waals surface area (Å²) in [5.74, 6) is -2.30. The average Bonchev–Trinajstić information content (AvgIpc) is 2.90. The van der Waals surface area contributed by atoms with E-state index in [0.717, 1.165) is 36.1 Å². The van der Waals surface area contributed by atoms with Gasteiger partial charge < -0.3 is 5.32 Å². The molecule has 0 aromatic heterocycles. The van der Waals surface area contributed by atoms with Crippen molar-refractivity contribution in [3.63, 3.8) is 0 Å². The summed E-state index contributed by atoms with van der Waals surface area (Å²) in [6, 6.07) is 6.57. The second kappa shape index (κ2) is 9.69. The molecule has 1 aromatic carbocycles. The fourth-order valence-electron chi connectivity index (χ4n) is 3.51. The number of benzene rings is 1. The molecule has 0 atom stereocenters. The van der Waals surface area contributed by atoms with E-state index in [0.29, 0.717) is 29.3 Å². The van der Waals surface area contributed by atoms with Crippen LogP contribution in [-0.2, 0) is 20.8 Å². The van der Waals surface area contributed by atoms with E-state index in [9.17, 15) is 19.2 Å². The molecule has 1 aliphatic carbocycles. The summed E-state index contributed by atoms with van der Waals surface area (Å²) in [5, 5.41) is 3.28. The second-order valence-corrected chi connectivity index (χ2v) is 7.66. The topological polar surface area (TPSA) is 86.8 Å². The quantitative estimate of drug-likeness (QED) is 0.400. The Morgan fingerprint density at radius 2 is 1.86 bits per heavy atom. The molecule has 1 aromatic rings. The number of allylic oxidation sites excluding steroid dienone is 1. The Morgan fingerprint density at radius 3 is 2.59 bits per heavy atom. The molecule has 0 saturated carbocycles. The van der Waals surface area contributed by atoms with E-state index in [1.165, 1.54) is 5.57 Å². The highest BCUT2D eigenvalue weighted by Gasteiger charge is 2.44. The zero-order chi connectivity index (χ0) is 20.8. The van der Waals surface area contributed by atoms with Gasteiger partial charge in [-0.05, 0) is 56.2 Å². The Hall–Kier alpha value is -2.67. The predicted molar refractivity (Wildman–Crippen MR) is 108 cm³/mol. The number of rotatable bonds is 8. The van der Waals surface area contributed by atoms with Crippen LogP contribution < -0.4 is 5.32 Å². The number of carbonyl (C=O) groups is 4. The first-order valence-corrected chi connectivity index (χ1v) is 10.2. The van der Waals surface area contributed by atoms with Crippen molar-refractivity contribution < 1.29 is 19.2 Å². The van der Waals surface area contributed by atoms with Gasteiger partial charge >= 0.3 is 17.8 Å². The van der Waals surface area contributed by atoms with Crippen LogP contribution in [0.3, 0.4) is 0 Å². The molecule has 154 valence electrons. The van der Waals surface area contributed by atoms with Crippen LogP contribution in [0.2, 0.25) is 5.02 Å². The van der Waals surface area contributed by atoms with Crippen LogP contribution in [0.4, 0.5) is 4.79 Å². The monoisotopic (exact) mass is 417 g/mol. The van der Waals surface area contributed by atoms with Crippen molar-refractivity contribution in [1.82, 2.24) is 15.1 Å². The molecule has 1 heterocycles. The molecular weight excluding hydrogens is 394 g/mol. The van der Waals surface area contributed by atoms with E-state index in [2.05, 4.69) is 11.4 Å². The summed E-state index contributed by atoms with van der Waals surface area (Å²) < 4.78 is 0. The summed E-state index contributed by atoms with van der Waals surface area (Å²) in [5.41, 5.74) is 2.17. The highest BCUT2D eigenvalue weighted by molar-refractivity contribution is 6.45. The van der Waals surface area contributed by atoms with Crippen molar-refractivity contribution in [3.05, 3.63) is 46.5 Å². The molecule has 0 spiro atoms. The molecule has 0 radical (unpaired) electrons. The lowest BCUT2D eigenvalue weighted by molar-refractivity contribution is -0.144. The first kappa shape index (κ1) is 21.0. The van der Waals surface area contributed by atoms with Crippen LogP contribution in [0, 0.1) is 0 Å². The van der Waals surface area contributed by atoms with Crippen molar-refractivity contribution >= 4 is 35.4 Å². The van der Waals surface area contributed by atoms with Crippen LogP contribution >= 0.6 is 11.6 Å². The van der Waals surface area contributed by atoms with Gasteiger partial charge in [-0.15, -0.1) is 0 Å². The third-order valence-corrected chi connectivity index (χ3v) is 5.34. The smallest absolute Gasteiger partial charge is 0.334 e. The van der Waals surface area contributed by atoms with Gasteiger partial charge in [0.1, 0.15) is 6.54 Å². The fourth-order valence-corrected chi connectivity index (χ4v) is 3.73. The van der Waals surface area contributed by atoms with E-state index in [1.807, 2.05) is 12.1 Å². The number of hydrogen-bond donors (Lipinski definition) is 1. The minimum Gasteiger partial charge on any atom is -0.354 e. The summed E-state index contributed by atoms with van der Waals surface area (Å²) in [6.07, 6.45) is 7.51. The average molecular weight is 418 g/mol. The van der Waals surface area contributed by atoms with Gasteiger partial charge in [0.25, 0.3) is 0 Å². The van der Waals surface area contributed by atoms with E-state index in [1.54, 1.807) is 12.1 Å². The highest BCUT2D eigenvalue weighted by atomic mass is 35.5. The first-order valence-electron chi connectivity index (χ1n) is 9.82. The predicted octanol–water partition coefficient (Wildman–Crippen LogP) is 2.68. The van der Waals surface area contributed by atoms with E-state index >= 15 is 0 Å². The van der Waals surface area contributed by atoms with Gasteiger partial charge in [0.15, 0.2) is 0 Å². The molecule has 1 N–H and O–H groups in total. The van der Waals surface area contributed by atoms with Crippen molar-refractivity contribution in [2.24, 2.45) is 0 Å². The molecule has 0 bridgehead atoms. The summed E-state index contributed by atoms with van der Waals surface area (Å²) in [4.78, 5) is 50.6. The Labute approximate surface area is 174 Å². The van der Waals surface area contributed by atoms with Gasteiger partial charge in [0.05, 0.1) is 0 Å². The van der Waals surface area contributed by atoms with Crippen LogP contribution in [0.25, 0.3) is 0 Å². The largest absolute Gasteiger partial charge is 0.354 e. The molecule has 1 saturated heterocycles. The minimum absolute atomic E-state index is 0.169. The number of hydrogen-bond acceptors (Lipinski definition) is 4. The van der Waals surface area contributed by atoms with Gasteiger partial charge in [0, 0.05) is 18.1 Å². The number of nitrogens with zero attached hydrogens (tertiary/aromatic N) is 2. The number of carbonyl (C=O) groups excluding carboxylic acids is 4. The third kappa shape index (κ3) is 5.44. The maximum Gasteiger partial charge on any atom is 0.334 e. The maximum atomic E-state index is 12.5. The standard InChI is InChI=1S/C21H24ClN3O4/c22-17-8-4-7-16(13-17)9-11-23-18(26)14-25-20(28)19(27)24(21(25)29)12-10-15-5-2-1-3-6-15/h4-5,7-8,13H,1-3,6,9-12,14H2,(H,23,26). The molecule has 2 aliphatic rings. The normalized spacial score (nSPS) is 17.0. The summed E-state index contributed by atoms with van der Waals surface area (Å²) >= 11 is 5.93. The molecule has 1 aliphatic heterocycles. The van der Waals surface area contributed by atoms with E-state index < -0.39 is 30.3 Å². The molecule has 7 nitrogen and oxygen atoms in total. The SMILES string of the molecule is O=C(CN1C(=O)C(=O)N(CCC2=CCCCC2)C1=O)NCCc1cccc(Cl)c1. The first-order chi connectivity index (χ1) is 14.0. The lowest BCUT2D eigenvalue weighted by atomic mass is 9.97. The van der Waals surface area contributed by atoms with Crippen molar-refractivity contribution in [1.29, 1.82) is 0 Å². The molecule has 1 fully saturated rings. The van der Waals surface area contributed by atoms with Crippen molar-refractivity contribution in [2.75, 3.05) is 19.6 Å². The Morgan fingerprint density at radius 1 is 1.07 bits per heavy atom. The second-order valence-electron chi connectivity index (χ2n) is 7.22. The number of halogens is 1. The van der Waals surface area contributed by atoms with Gasteiger partial charge in [-0.25, -0.2) is 9.69 Å². The lowest BCUT2D eigenvalue weighted by Crippen LogP contribution is -2.42. The van der Waals surface area contributed by atoms with Gasteiger partial charge in [0.2, 0.25) is 5.91 Å². The molecule has 0 unspecified atom stereocenters. The van der Waals surface area contributed by atoms with Crippen LogP contribution in [0.1, 0.15) is 37.7 Å². The molecular formula is C21H24ClN3O4.